The van der Waals surface area contributed by atoms with Crippen molar-refractivity contribution in [2.45, 2.75) is 52.7 Å². The molecule has 0 saturated heterocycles. The maximum atomic E-state index is 13.1. The van der Waals surface area contributed by atoms with E-state index in [2.05, 4.69) is 21.2 Å². The van der Waals surface area contributed by atoms with Crippen LogP contribution in [-0.4, -0.2) is 35.4 Å². The van der Waals surface area contributed by atoms with E-state index in [4.69, 9.17) is 16.3 Å². The molecule has 0 saturated carbocycles. The van der Waals surface area contributed by atoms with Crippen molar-refractivity contribution in [1.29, 1.82) is 0 Å². The van der Waals surface area contributed by atoms with E-state index in [0.717, 1.165) is 15.6 Å². The van der Waals surface area contributed by atoms with Crippen LogP contribution in [0.4, 0.5) is 0 Å². The first kappa shape index (κ1) is 24.2. The van der Waals surface area contributed by atoms with E-state index >= 15 is 0 Å². The number of halogens is 2. The van der Waals surface area contributed by atoms with Gasteiger partial charge in [-0.25, -0.2) is 0 Å². The van der Waals surface area contributed by atoms with Gasteiger partial charge in [-0.1, -0.05) is 52.7 Å². The minimum Gasteiger partial charge on any atom is -0.484 e. The number of ether oxygens (including phenoxy) is 1. The predicted octanol–water partition coefficient (Wildman–Crippen LogP) is 5.12. The van der Waals surface area contributed by atoms with Crippen molar-refractivity contribution in [3.63, 3.8) is 0 Å². The van der Waals surface area contributed by atoms with Gasteiger partial charge in [0.15, 0.2) is 6.61 Å². The van der Waals surface area contributed by atoms with Crippen LogP contribution in [0.25, 0.3) is 0 Å². The van der Waals surface area contributed by atoms with Crippen LogP contribution >= 0.6 is 27.5 Å². The third kappa shape index (κ3) is 6.74. The zero-order valence-corrected chi connectivity index (χ0v) is 20.1. The summed E-state index contributed by atoms with van der Waals surface area (Å²) in [6.07, 6.45) is 0.478. The van der Waals surface area contributed by atoms with Gasteiger partial charge < -0.3 is 15.0 Å². The fraction of sp³-hybridized carbons (Fsp3) is 0.391. The van der Waals surface area contributed by atoms with Crippen LogP contribution in [0.1, 0.15) is 38.3 Å². The molecule has 5 nitrogen and oxygen atoms in total. The minimum absolute atomic E-state index is 0.0224. The third-order valence-corrected chi connectivity index (χ3v) is 5.87. The van der Waals surface area contributed by atoms with Gasteiger partial charge in [-0.2, -0.15) is 0 Å². The van der Waals surface area contributed by atoms with Gasteiger partial charge in [-0.3, -0.25) is 9.59 Å². The van der Waals surface area contributed by atoms with Crippen molar-refractivity contribution in [2.24, 2.45) is 0 Å². The monoisotopic (exact) mass is 494 g/mol. The highest BCUT2D eigenvalue weighted by molar-refractivity contribution is 9.10. The first-order valence-corrected chi connectivity index (χ1v) is 11.1. The van der Waals surface area contributed by atoms with Crippen LogP contribution in [0, 0.1) is 6.92 Å². The third-order valence-electron chi connectivity index (χ3n) is 4.61. The SMILES string of the molecule is CC[C@@H](C(=O)NC(C)C)N(Cc1ccccc1Cl)C(=O)COc1ccc(Br)c(C)c1. The number of carbonyl (C=O) groups excluding carboxylic acids is 2. The molecule has 0 aliphatic carbocycles. The average molecular weight is 496 g/mol. The minimum atomic E-state index is -0.619. The molecule has 0 spiro atoms. The lowest BCUT2D eigenvalue weighted by molar-refractivity contribution is -0.143. The van der Waals surface area contributed by atoms with Gasteiger partial charge in [-0.05, 0) is 62.6 Å². The maximum Gasteiger partial charge on any atom is 0.261 e. The molecule has 0 aliphatic heterocycles. The Morgan fingerprint density at radius 1 is 1.20 bits per heavy atom. The zero-order valence-electron chi connectivity index (χ0n) is 17.7. The summed E-state index contributed by atoms with van der Waals surface area (Å²) in [6, 6.07) is 12.2. The highest BCUT2D eigenvalue weighted by Gasteiger charge is 2.29. The molecular weight excluding hydrogens is 468 g/mol. The molecule has 7 heteroatoms. The summed E-state index contributed by atoms with van der Waals surface area (Å²) in [6.45, 7) is 7.68. The Morgan fingerprint density at radius 3 is 2.50 bits per heavy atom. The van der Waals surface area contributed by atoms with Crippen LogP contribution in [0.2, 0.25) is 5.02 Å². The van der Waals surface area contributed by atoms with Crippen molar-refractivity contribution in [1.82, 2.24) is 10.2 Å². The molecule has 0 aliphatic rings. The van der Waals surface area contributed by atoms with Gasteiger partial charge in [0, 0.05) is 22.1 Å². The normalized spacial score (nSPS) is 11.8. The summed E-state index contributed by atoms with van der Waals surface area (Å²) in [5, 5.41) is 3.46. The second kappa shape index (κ2) is 11.4. The fourth-order valence-electron chi connectivity index (χ4n) is 3.05. The standard InChI is InChI=1S/C23H28BrClN2O3/c1-5-21(23(29)26-15(2)3)27(13-17-8-6-7-9-20(17)25)22(28)14-30-18-10-11-19(24)16(4)12-18/h6-12,15,21H,5,13-14H2,1-4H3,(H,26,29)/t21-/m0/s1. The molecular formula is C23H28BrClN2O3. The summed E-state index contributed by atoms with van der Waals surface area (Å²) < 4.78 is 6.70. The summed E-state index contributed by atoms with van der Waals surface area (Å²) in [7, 11) is 0. The summed E-state index contributed by atoms with van der Waals surface area (Å²) in [5.74, 6) is 0.134. The highest BCUT2D eigenvalue weighted by atomic mass is 79.9. The second-order valence-corrected chi connectivity index (χ2v) is 8.66. The Bertz CT molecular complexity index is 889. The predicted molar refractivity (Wildman–Crippen MR) is 124 cm³/mol. The van der Waals surface area contributed by atoms with Crippen LogP contribution in [0.5, 0.6) is 5.75 Å². The topological polar surface area (TPSA) is 58.6 Å². The summed E-state index contributed by atoms with van der Waals surface area (Å²) >= 11 is 9.77. The molecule has 30 heavy (non-hydrogen) atoms. The Morgan fingerprint density at radius 2 is 1.90 bits per heavy atom. The molecule has 2 aromatic rings. The molecule has 1 atom stereocenters. The Hall–Kier alpha value is -2.05. The number of hydrogen-bond acceptors (Lipinski definition) is 3. The zero-order chi connectivity index (χ0) is 22.3. The number of carbonyl (C=O) groups is 2. The Labute approximate surface area is 191 Å². The number of hydrogen-bond donors (Lipinski definition) is 1. The molecule has 0 aromatic heterocycles. The van der Waals surface area contributed by atoms with Crippen LogP contribution in [-0.2, 0) is 16.1 Å². The van der Waals surface area contributed by atoms with E-state index in [9.17, 15) is 9.59 Å². The first-order valence-electron chi connectivity index (χ1n) is 9.95. The first-order chi connectivity index (χ1) is 14.2. The summed E-state index contributed by atoms with van der Waals surface area (Å²) in [4.78, 5) is 27.5. The quantitative estimate of drug-likeness (QED) is 0.525. The lowest BCUT2D eigenvalue weighted by atomic mass is 10.1. The lowest BCUT2D eigenvalue weighted by Gasteiger charge is -2.31. The van der Waals surface area contributed by atoms with Gasteiger partial charge in [0.2, 0.25) is 5.91 Å². The van der Waals surface area contributed by atoms with Gasteiger partial charge in [-0.15, -0.1) is 0 Å². The number of aryl methyl sites for hydroxylation is 1. The number of amides is 2. The van der Waals surface area contributed by atoms with Crippen molar-refractivity contribution >= 4 is 39.3 Å². The molecule has 2 amide bonds. The van der Waals surface area contributed by atoms with E-state index < -0.39 is 6.04 Å². The fourth-order valence-corrected chi connectivity index (χ4v) is 3.49. The molecule has 0 unspecified atom stereocenters. The lowest BCUT2D eigenvalue weighted by Crippen LogP contribution is -2.51. The molecule has 0 heterocycles. The smallest absolute Gasteiger partial charge is 0.261 e. The van der Waals surface area contributed by atoms with Crippen molar-refractivity contribution in [2.75, 3.05) is 6.61 Å². The Balaban J connectivity index is 2.23. The van der Waals surface area contributed by atoms with E-state index in [1.54, 1.807) is 17.0 Å². The van der Waals surface area contributed by atoms with Gasteiger partial charge in [0.05, 0.1) is 0 Å². The largest absolute Gasteiger partial charge is 0.484 e. The van der Waals surface area contributed by atoms with Crippen molar-refractivity contribution in [3.05, 3.63) is 63.1 Å². The van der Waals surface area contributed by atoms with E-state index in [0.29, 0.717) is 17.2 Å². The molecule has 2 aromatic carbocycles. The number of rotatable bonds is 9. The number of benzene rings is 2. The molecule has 2 rings (SSSR count). The van der Waals surface area contributed by atoms with E-state index in [1.807, 2.05) is 58.0 Å². The number of nitrogens with one attached hydrogen (secondary N) is 1. The van der Waals surface area contributed by atoms with Gasteiger partial charge in [0.1, 0.15) is 11.8 Å². The van der Waals surface area contributed by atoms with Gasteiger partial charge in [0.25, 0.3) is 5.91 Å². The van der Waals surface area contributed by atoms with Crippen molar-refractivity contribution in [3.8, 4) is 5.75 Å². The highest BCUT2D eigenvalue weighted by Crippen LogP contribution is 2.23. The average Bonchev–Trinajstić information content (AvgIpc) is 2.69. The van der Waals surface area contributed by atoms with Crippen LogP contribution < -0.4 is 10.1 Å². The van der Waals surface area contributed by atoms with Crippen molar-refractivity contribution < 1.29 is 14.3 Å². The second-order valence-electron chi connectivity index (χ2n) is 7.40. The molecule has 0 fully saturated rings. The molecule has 1 N–H and O–H groups in total. The van der Waals surface area contributed by atoms with Crippen LogP contribution in [0.3, 0.4) is 0 Å². The molecule has 162 valence electrons. The molecule has 0 bridgehead atoms. The van der Waals surface area contributed by atoms with Gasteiger partial charge >= 0.3 is 0 Å². The molecule has 0 radical (unpaired) electrons. The summed E-state index contributed by atoms with van der Waals surface area (Å²) in [5.41, 5.74) is 1.79. The Kier molecular flexibility index (Phi) is 9.18. The van der Waals surface area contributed by atoms with Crippen LogP contribution in [0.15, 0.2) is 46.9 Å². The van der Waals surface area contributed by atoms with E-state index in [-0.39, 0.29) is 31.0 Å². The maximum absolute atomic E-state index is 13.1. The van der Waals surface area contributed by atoms with E-state index in [1.165, 1.54) is 0 Å². The number of nitrogens with zero attached hydrogens (tertiary/aromatic N) is 1.